The second-order valence-electron chi connectivity index (χ2n) is 10.2. The number of nitrogens with one attached hydrogen (secondary N) is 1. The van der Waals surface area contributed by atoms with Crippen LogP contribution in [-0.4, -0.2) is 53.8 Å². The molecule has 0 aromatic heterocycles. The first-order valence-electron chi connectivity index (χ1n) is 12.4. The Labute approximate surface area is 187 Å². The molecule has 5 nitrogen and oxygen atoms in total. The maximum absolute atomic E-state index is 13.6. The van der Waals surface area contributed by atoms with E-state index in [9.17, 15) is 9.59 Å². The molecule has 5 heteroatoms. The summed E-state index contributed by atoms with van der Waals surface area (Å²) in [6.07, 6.45) is 8.64. The van der Waals surface area contributed by atoms with Crippen molar-refractivity contribution in [2.75, 3.05) is 26.2 Å². The molecule has 1 saturated heterocycles. The van der Waals surface area contributed by atoms with Gasteiger partial charge in [0.2, 0.25) is 11.8 Å². The predicted molar refractivity (Wildman–Crippen MR) is 124 cm³/mol. The molecule has 2 atom stereocenters. The summed E-state index contributed by atoms with van der Waals surface area (Å²) < 4.78 is 0. The molecule has 170 valence electrons. The molecule has 2 fully saturated rings. The Balaban J connectivity index is 1.43. The highest BCUT2D eigenvalue weighted by molar-refractivity contribution is 5.83. The first kappa shape index (κ1) is 22.3. The summed E-state index contributed by atoms with van der Waals surface area (Å²) in [5.74, 6) is 1.29. The van der Waals surface area contributed by atoms with Crippen LogP contribution in [0, 0.1) is 11.8 Å². The Kier molecular flexibility index (Phi) is 7.31. The van der Waals surface area contributed by atoms with Gasteiger partial charge in [-0.2, -0.15) is 0 Å². The number of hydrogen-bond donors (Lipinski definition) is 1. The fourth-order valence-electron chi connectivity index (χ4n) is 5.84. The molecule has 1 aromatic carbocycles. The van der Waals surface area contributed by atoms with E-state index in [1.54, 1.807) is 0 Å². The summed E-state index contributed by atoms with van der Waals surface area (Å²) in [4.78, 5) is 30.5. The zero-order chi connectivity index (χ0) is 21.8. The number of carbonyl (C=O) groups excluding carboxylic acids is 2. The van der Waals surface area contributed by atoms with Crippen molar-refractivity contribution in [3.05, 3.63) is 35.4 Å². The number of nitrogens with zero attached hydrogens (tertiary/aromatic N) is 2. The lowest BCUT2D eigenvalue weighted by molar-refractivity contribution is -0.136. The number of piperazine rings is 1. The molecule has 3 aliphatic rings. The van der Waals surface area contributed by atoms with Gasteiger partial charge < -0.3 is 10.2 Å². The number of hydrogen-bond acceptors (Lipinski definition) is 3. The minimum absolute atomic E-state index is 0.0565. The van der Waals surface area contributed by atoms with Gasteiger partial charge in [-0.15, -0.1) is 0 Å². The SMILES string of the molecule is CC(C)CC(=O)N1CCN(C(C(=O)NC2CCCc3ccccc32)C2CCCC2)CC1. The van der Waals surface area contributed by atoms with Crippen molar-refractivity contribution in [2.45, 2.75) is 77.3 Å². The van der Waals surface area contributed by atoms with Gasteiger partial charge in [-0.1, -0.05) is 51.0 Å². The fraction of sp³-hybridized carbons (Fsp3) is 0.692. The van der Waals surface area contributed by atoms with Crippen molar-refractivity contribution in [3.63, 3.8) is 0 Å². The van der Waals surface area contributed by atoms with Gasteiger partial charge in [0.05, 0.1) is 12.1 Å². The highest BCUT2D eigenvalue weighted by Crippen LogP contribution is 2.33. The molecule has 0 spiro atoms. The molecule has 2 aliphatic carbocycles. The van der Waals surface area contributed by atoms with Crippen molar-refractivity contribution in [1.29, 1.82) is 0 Å². The van der Waals surface area contributed by atoms with E-state index in [-0.39, 0.29) is 23.9 Å². The van der Waals surface area contributed by atoms with E-state index in [4.69, 9.17) is 0 Å². The lowest BCUT2D eigenvalue weighted by atomic mass is 9.87. The zero-order valence-electron chi connectivity index (χ0n) is 19.3. The fourth-order valence-corrected chi connectivity index (χ4v) is 5.84. The summed E-state index contributed by atoms with van der Waals surface area (Å²) in [7, 11) is 0. The average Bonchev–Trinajstić information content (AvgIpc) is 3.28. The molecule has 0 radical (unpaired) electrons. The van der Waals surface area contributed by atoms with Gasteiger partial charge in [-0.05, 0) is 55.1 Å². The summed E-state index contributed by atoms with van der Waals surface area (Å²) in [5.41, 5.74) is 2.69. The molecule has 1 heterocycles. The molecule has 1 saturated carbocycles. The summed E-state index contributed by atoms with van der Waals surface area (Å²) in [6.45, 7) is 7.29. The molecule has 1 N–H and O–H groups in total. The van der Waals surface area contributed by atoms with E-state index < -0.39 is 0 Å². The van der Waals surface area contributed by atoms with Crippen LogP contribution in [0.15, 0.2) is 24.3 Å². The topological polar surface area (TPSA) is 52.7 Å². The first-order chi connectivity index (χ1) is 15.0. The second-order valence-corrected chi connectivity index (χ2v) is 10.2. The summed E-state index contributed by atoms with van der Waals surface area (Å²) in [5, 5.41) is 3.45. The Hall–Kier alpha value is -1.88. The van der Waals surface area contributed by atoms with Crippen LogP contribution in [0.3, 0.4) is 0 Å². The van der Waals surface area contributed by atoms with E-state index in [1.165, 1.54) is 24.0 Å². The highest BCUT2D eigenvalue weighted by Gasteiger charge is 2.38. The minimum Gasteiger partial charge on any atom is -0.348 e. The molecular weight excluding hydrogens is 386 g/mol. The Morgan fingerprint density at radius 1 is 1.00 bits per heavy atom. The lowest BCUT2D eigenvalue weighted by Gasteiger charge is -2.41. The van der Waals surface area contributed by atoms with Gasteiger partial charge in [-0.3, -0.25) is 14.5 Å². The molecule has 4 rings (SSSR count). The van der Waals surface area contributed by atoms with Gasteiger partial charge >= 0.3 is 0 Å². The van der Waals surface area contributed by atoms with E-state index >= 15 is 0 Å². The van der Waals surface area contributed by atoms with E-state index in [1.807, 2.05) is 4.90 Å². The Morgan fingerprint density at radius 2 is 1.71 bits per heavy atom. The maximum Gasteiger partial charge on any atom is 0.238 e. The van der Waals surface area contributed by atoms with Crippen molar-refractivity contribution >= 4 is 11.8 Å². The van der Waals surface area contributed by atoms with Crippen LogP contribution in [0.2, 0.25) is 0 Å². The van der Waals surface area contributed by atoms with Gasteiger partial charge in [0.25, 0.3) is 0 Å². The van der Waals surface area contributed by atoms with E-state index in [2.05, 4.69) is 48.3 Å². The normalized spacial score (nSPS) is 23.6. The second kappa shape index (κ2) is 10.2. The molecule has 0 bridgehead atoms. The van der Waals surface area contributed by atoms with Gasteiger partial charge in [0, 0.05) is 32.6 Å². The number of aryl methyl sites for hydroxylation is 1. The average molecular weight is 426 g/mol. The molecular formula is C26H39N3O2. The number of carbonyl (C=O) groups is 2. The van der Waals surface area contributed by atoms with E-state index in [0.717, 1.165) is 58.3 Å². The largest absolute Gasteiger partial charge is 0.348 e. The number of benzene rings is 1. The van der Waals surface area contributed by atoms with Crippen LogP contribution in [-0.2, 0) is 16.0 Å². The van der Waals surface area contributed by atoms with Crippen LogP contribution in [0.1, 0.15) is 76.0 Å². The number of rotatable bonds is 6. The number of fused-ring (bicyclic) bond motifs is 1. The third kappa shape index (κ3) is 5.31. The number of amides is 2. The van der Waals surface area contributed by atoms with Crippen molar-refractivity contribution in [1.82, 2.24) is 15.1 Å². The predicted octanol–water partition coefficient (Wildman–Crippen LogP) is 3.93. The van der Waals surface area contributed by atoms with Crippen LogP contribution < -0.4 is 5.32 Å². The van der Waals surface area contributed by atoms with Gasteiger partial charge in [-0.25, -0.2) is 0 Å². The summed E-state index contributed by atoms with van der Waals surface area (Å²) in [6, 6.07) is 8.66. The van der Waals surface area contributed by atoms with Crippen molar-refractivity contribution in [2.24, 2.45) is 11.8 Å². The standard InChI is InChI=1S/C26H39N3O2/c1-19(2)18-24(30)28-14-16-29(17-15-28)25(21-9-3-4-10-21)26(31)27-23-13-7-11-20-8-5-6-12-22(20)23/h5-6,8,12,19,21,23,25H,3-4,7,9-11,13-18H2,1-2H3,(H,27,31). The molecule has 2 unspecified atom stereocenters. The molecule has 1 aliphatic heterocycles. The van der Waals surface area contributed by atoms with Crippen molar-refractivity contribution in [3.8, 4) is 0 Å². The minimum atomic E-state index is -0.0565. The smallest absolute Gasteiger partial charge is 0.238 e. The van der Waals surface area contributed by atoms with Crippen LogP contribution in [0.5, 0.6) is 0 Å². The lowest BCUT2D eigenvalue weighted by Crippen LogP contribution is -2.58. The van der Waals surface area contributed by atoms with Crippen molar-refractivity contribution < 1.29 is 9.59 Å². The summed E-state index contributed by atoms with van der Waals surface area (Å²) >= 11 is 0. The van der Waals surface area contributed by atoms with E-state index in [0.29, 0.717) is 18.3 Å². The third-order valence-corrected chi connectivity index (χ3v) is 7.44. The van der Waals surface area contributed by atoms with Gasteiger partial charge in [0.15, 0.2) is 0 Å². The monoisotopic (exact) mass is 425 g/mol. The van der Waals surface area contributed by atoms with Crippen LogP contribution >= 0.6 is 0 Å². The zero-order valence-corrected chi connectivity index (χ0v) is 19.3. The first-order valence-corrected chi connectivity index (χ1v) is 12.4. The Morgan fingerprint density at radius 3 is 2.42 bits per heavy atom. The Bertz CT molecular complexity index is 764. The highest BCUT2D eigenvalue weighted by atomic mass is 16.2. The van der Waals surface area contributed by atoms with Crippen LogP contribution in [0.25, 0.3) is 0 Å². The third-order valence-electron chi connectivity index (χ3n) is 7.44. The molecule has 31 heavy (non-hydrogen) atoms. The molecule has 1 aromatic rings. The maximum atomic E-state index is 13.6. The van der Waals surface area contributed by atoms with Crippen LogP contribution in [0.4, 0.5) is 0 Å². The van der Waals surface area contributed by atoms with Gasteiger partial charge in [0.1, 0.15) is 0 Å². The molecule has 2 amide bonds. The quantitative estimate of drug-likeness (QED) is 0.751.